The highest BCUT2D eigenvalue weighted by atomic mass is 35.5. The van der Waals surface area contributed by atoms with E-state index in [0.717, 1.165) is 0 Å². The summed E-state index contributed by atoms with van der Waals surface area (Å²) in [6.45, 7) is 0. The van der Waals surface area contributed by atoms with Crippen LogP contribution in [0.1, 0.15) is 11.8 Å². The van der Waals surface area contributed by atoms with E-state index in [9.17, 15) is 0 Å². The molecule has 0 saturated heterocycles. The van der Waals surface area contributed by atoms with Gasteiger partial charge in [0, 0.05) is 5.56 Å². The number of rotatable bonds is 1. The maximum Gasteiger partial charge on any atom is 0.131 e. The Kier molecular flexibility index (Phi) is 2.67. The number of nitrogens with zero attached hydrogens (tertiary/aromatic N) is 1. The summed E-state index contributed by atoms with van der Waals surface area (Å²) in [6.07, 6.45) is -1.06. The Morgan fingerprint density at radius 1 is 1.36 bits per heavy atom. The van der Waals surface area contributed by atoms with Crippen molar-refractivity contribution in [2.45, 2.75) is 6.23 Å². The molecule has 0 saturated carbocycles. The predicted octanol–water partition coefficient (Wildman–Crippen LogP) is 1.34. The molecule has 1 atom stereocenters. The first kappa shape index (κ1) is 8.74. The van der Waals surface area contributed by atoms with Crippen molar-refractivity contribution in [3.8, 4) is 0 Å². The van der Waals surface area contributed by atoms with Gasteiger partial charge in [-0.25, -0.2) is 4.98 Å². The second-order valence-electron chi connectivity index (χ2n) is 1.99. The van der Waals surface area contributed by atoms with Crippen LogP contribution in [-0.2, 0) is 0 Å². The molecule has 0 radical (unpaired) electrons. The van der Waals surface area contributed by atoms with Crippen LogP contribution in [0, 0.1) is 0 Å². The maximum absolute atomic E-state index is 8.91. The van der Waals surface area contributed by atoms with Gasteiger partial charge in [-0.2, -0.15) is 0 Å². The average molecular weight is 193 g/mol. The lowest BCUT2D eigenvalue weighted by Crippen LogP contribution is -2.08. The largest absolute Gasteiger partial charge is 0.375 e. The number of hydrogen-bond donors (Lipinski definition) is 2. The number of pyridine rings is 1. The van der Waals surface area contributed by atoms with Gasteiger partial charge in [-0.15, -0.1) is 0 Å². The monoisotopic (exact) mass is 192 g/mol. The van der Waals surface area contributed by atoms with Crippen LogP contribution < -0.4 is 5.73 Å². The summed E-state index contributed by atoms with van der Waals surface area (Å²) in [5.41, 5.74) is 5.62. The van der Waals surface area contributed by atoms with Crippen LogP contribution in [0.4, 0.5) is 0 Å². The Hall–Kier alpha value is -0.350. The van der Waals surface area contributed by atoms with Gasteiger partial charge in [0.1, 0.15) is 16.5 Å². The molecule has 0 aliphatic rings. The zero-order valence-electron chi connectivity index (χ0n) is 5.46. The Bertz CT molecular complexity index is 245. The molecule has 0 spiro atoms. The van der Waals surface area contributed by atoms with Crippen LogP contribution >= 0.6 is 23.2 Å². The smallest absolute Gasteiger partial charge is 0.131 e. The first-order chi connectivity index (χ1) is 5.09. The summed E-state index contributed by atoms with van der Waals surface area (Å²) < 4.78 is 0. The minimum absolute atomic E-state index is 0.219. The lowest BCUT2D eigenvalue weighted by atomic mass is 10.2. The zero-order chi connectivity index (χ0) is 8.43. The second-order valence-corrected chi connectivity index (χ2v) is 2.77. The molecule has 1 rings (SSSR count). The number of nitrogens with two attached hydrogens (primary N) is 1. The summed E-state index contributed by atoms with van der Waals surface area (Å²) in [5.74, 6) is 0. The fraction of sp³-hybridized carbons (Fsp3) is 0.167. The summed E-state index contributed by atoms with van der Waals surface area (Å²) in [7, 11) is 0. The lowest BCUT2D eigenvalue weighted by molar-refractivity contribution is 0.186. The molecular formula is C6H6Cl2N2O. The van der Waals surface area contributed by atoms with E-state index >= 15 is 0 Å². The van der Waals surface area contributed by atoms with Crippen LogP contribution in [0.5, 0.6) is 0 Å². The molecule has 0 amide bonds. The normalized spacial score (nSPS) is 13.1. The second kappa shape index (κ2) is 3.36. The molecule has 1 unspecified atom stereocenters. The highest BCUT2D eigenvalue weighted by molar-refractivity contribution is 6.32. The number of halogens is 2. The Morgan fingerprint density at radius 3 is 2.18 bits per heavy atom. The Morgan fingerprint density at radius 2 is 1.82 bits per heavy atom. The van der Waals surface area contributed by atoms with Gasteiger partial charge in [0.25, 0.3) is 0 Å². The van der Waals surface area contributed by atoms with Crippen molar-refractivity contribution in [1.82, 2.24) is 4.98 Å². The number of aliphatic hydroxyl groups is 1. The van der Waals surface area contributed by atoms with E-state index in [4.69, 9.17) is 34.0 Å². The summed E-state index contributed by atoms with van der Waals surface area (Å²) in [5, 5.41) is 9.34. The molecule has 1 aromatic rings. The summed E-state index contributed by atoms with van der Waals surface area (Å²) >= 11 is 11.1. The van der Waals surface area contributed by atoms with E-state index < -0.39 is 6.23 Å². The Balaban J connectivity index is 3.08. The molecule has 60 valence electrons. The molecule has 1 heterocycles. The quantitative estimate of drug-likeness (QED) is 0.522. The topological polar surface area (TPSA) is 59.1 Å². The molecule has 0 fully saturated rings. The van der Waals surface area contributed by atoms with E-state index in [2.05, 4.69) is 4.98 Å². The van der Waals surface area contributed by atoms with Crippen molar-refractivity contribution in [3.05, 3.63) is 28.0 Å². The van der Waals surface area contributed by atoms with E-state index in [1.165, 1.54) is 12.1 Å². The summed E-state index contributed by atoms with van der Waals surface area (Å²) in [6, 6.07) is 2.91. The van der Waals surface area contributed by atoms with Crippen molar-refractivity contribution in [3.63, 3.8) is 0 Å². The molecule has 1 aromatic heterocycles. The van der Waals surface area contributed by atoms with Crippen molar-refractivity contribution < 1.29 is 5.11 Å². The zero-order valence-corrected chi connectivity index (χ0v) is 6.97. The molecule has 5 heteroatoms. The SMILES string of the molecule is NC(O)c1cc(Cl)nc(Cl)c1. The number of aromatic nitrogens is 1. The fourth-order valence-corrected chi connectivity index (χ4v) is 1.13. The van der Waals surface area contributed by atoms with E-state index in [1.807, 2.05) is 0 Å². The molecular weight excluding hydrogens is 187 g/mol. The van der Waals surface area contributed by atoms with Gasteiger partial charge in [0.15, 0.2) is 0 Å². The van der Waals surface area contributed by atoms with E-state index in [-0.39, 0.29) is 10.3 Å². The molecule has 0 aliphatic carbocycles. The van der Waals surface area contributed by atoms with Crippen LogP contribution in [-0.4, -0.2) is 10.1 Å². The highest BCUT2D eigenvalue weighted by Crippen LogP contribution is 2.17. The van der Waals surface area contributed by atoms with Crippen LogP contribution in [0.2, 0.25) is 10.3 Å². The standard InChI is InChI=1S/C6H6Cl2N2O/c7-4-1-3(6(9)11)2-5(8)10-4/h1-2,6,11H,9H2. The van der Waals surface area contributed by atoms with Crippen molar-refractivity contribution >= 4 is 23.2 Å². The third kappa shape index (κ3) is 2.31. The molecule has 0 aliphatic heterocycles. The van der Waals surface area contributed by atoms with Crippen LogP contribution in [0.3, 0.4) is 0 Å². The fourth-order valence-electron chi connectivity index (χ4n) is 0.654. The van der Waals surface area contributed by atoms with Gasteiger partial charge in [-0.3, -0.25) is 0 Å². The van der Waals surface area contributed by atoms with Crippen molar-refractivity contribution in [2.75, 3.05) is 0 Å². The van der Waals surface area contributed by atoms with E-state index in [0.29, 0.717) is 5.56 Å². The number of hydrogen-bond acceptors (Lipinski definition) is 3. The third-order valence-corrected chi connectivity index (χ3v) is 1.51. The Labute approximate surface area is 73.8 Å². The van der Waals surface area contributed by atoms with Crippen molar-refractivity contribution in [2.24, 2.45) is 5.73 Å². The average Bonchev–Trinajstić information content (AvgIpc) is 1.85. The molecule has 0 bridgehead atoms. The molecule has 0 aromatic carbocycles. The maximum atomic E-state index is 8.91. The van der Waals surface area contributed by atoms with Gasteiger partial charge in [-0.05, 0) is 12.1 Å². The van der Waals surface area contributed by atoms with Crippen molar-refractivity contribution in [1.29, 1.82) is 0 Å². The molecule has 3 N–H and O–H groups in total. The first-order valence-corrected chi connectivity index (χ1v) is 3.62. The van der Waals surface area contributed by atoms with Crippen LogP contribution in [0.15, 0.2) is 12.1 Å². The minimum Gasteiger partial charge on any atom is -0.375 e. The predicted molar refractivity (Wildman–Crippen MR) is 43.4 cm³/mol. The molecule has 11 heavy (non-hydrogen) atoms. The van der Waals surface area contributed by atoms with Gasteiger partial charge >= 0.3 is 0 Å². The van der Waals surface area contributed by atoms with Gasteiger partial charge in [0.2, 0.25) is 0 Å². The van der Waals surface area contributed by atoms with Gasteiger partial charge in [-0.1, -0.05) is 23.2 Å². The van der Waals surface area contributed by atoms with Crippen LogP contribution in [0.25, 0.3) is 0 Å². The van der Waals surface area contributed by atoms with E-state index in [1.54, 1.807) is 0 Å². The van der Waals surface area contributed by atoms with Gasteiger partial charge < -0.3 is 10.8 Å². The minimum atomic E-state index is -1.06. The first-order valence-electron chi connectivity index (χ1n) is 2.86. The summed E-state index contributed by atoms with van der Waals surface area (Å²) in [4.78, 5) is 3.68. The third-order valence-electron chi connectivity index (χ3n) is 1.13. The lowest BCUT2D eigenvalue weighted by Gasteiger charge is -2.04. The number of aliphatic hydroxyl groups excluding tert-OH is 1. The molecule has 3 nitrogen and oxygen atoms in total. The highest BCUT2D eigenvalue weighted by Gasteiger charge is 2.03. The van der Waals surface area contributed by atoms with Gasteiger partial charge in [0.05, 0.1) is 0 Å².